The summed E-state index contributed by atoms with van der Waals surface area (Å²) in [7, 11) is 0. The molecule has 1 fully saturated rings. The van der Waals surface area contributed by atoms with Crippen molar-refractivity contribution in [1.82, 2.24) is 5.32 Å². The van der Waals surface area contributed by atoms with Gasteiger partial charge in [-0.1, -0.05) is 31.0 Å². The van der Waals surface area contributed by atoms with Crippen LogP contribution in [0.25, 0.3) is 0 Å². The normalized spacial score (nSPS) is 17.9. The predicted molar refractivity (Wildman–Crippen MR) is 69.7 cm³/mol. The van der Waals surface area contributed by atoms with E-state index in [1.165, 1.54) is 36.8 Å². The van der Waals surface area contributed by atoms with Crippen LogP contribution in [0, 0.1) is 25.2 Å². The third-order valence-electron chi connectivity index (χ3n) is 3.84. The fraction of sp³-hybridized carbons (Fsp3) is 0.533. The maximum Gasteiger partial charge on any atom is 0.121 e. The molecule has 1 atom stereocenters. The van der Waals surface area contributed by atoms with Crippen LogP contribution in [-0.2, 0) is 0 Å². The standard InChI is InChI=1S/C15H20N2/c1-11-6-5-9-14(12(11)2)15(10-16)17-13-7-3-4-8-13/h5-6,9,13,15,17H,3-4,7-8H2,1-2H3. The number of aryl methyl sites for hydroxylation is 1. The van der Waals surface area contributed by atoms with Crippen LogP contribution in [0.5, 0.6) is 0 Å². The van der Waals surface area contributed by atoms with Gasteiger partial charge in [-0.15, -0.1) is 0 Å². The van der Waals surface area contributed by atoms with E-state index in [1.807, 2.05) is 6.07 Å². The highest BCUT2D eigenvalue weighted by molar-refractivity contribution is 5.37. The molecule has 17 heavy (non-hydrogen) atoms. The maximum atomic E-state index is 9.34. The van der Waals surface area contributed by atoms with E-state index in [4.69, 9.17) is 0 Å². The molecular weight excluding hydrogens is 208 g/mol. The molecule has 1 aliphatic carbocycles. The van der Waals surface area contributed by atoms with Gasteiger partial charge in [-0.25, -0.2) is 0 Å². The molecule has 1 aromatic carbocycles. The van der Waals surface area contributed by atoms with Crippen LogP contribution in [0.2, 0.25) is 0 Å². The zero-order valence-corrected chi connectivity index (χ0v) is 10.7. The van der Waals surface area contributed by atoms with Gasteiger partial charge in [0.25, 0.3) is 0 Å². The third-order valence-corrected chi connectivity index (χ3v) is 3.84. The van der Waals surface area contributed by atoms with Gasteiger partial charge >= 0.3 is 0 Å². The fourth-order valence-corrected chi connectivity index (χ4v) is 2.61. The van der Waals surface area contributed by atoms with E-state index in [0.717, 1.165) is 5.56 Å². The number of nitriles is 1. The monoisotopic (exact) mass is 228 g/mol. The Morgan fingerprint density at radius 3 is 2.65 bits per heavy atom. The molecule has 1 saturated carbocycles. The van der Waals surface area contributed by atoms with E-state index in [0.29, 0.717) is 6.04 Å². The van der Waals surface area contributed by atoms with Crippen LogP contribution < -0.4 is 5.32 Å². The Balaban J connectivity index is 2.17. The molecule has 0 heterocycles. The van der Waals surface area contributed by atoms with Crippen LogP contribution in [-0.4, -0.2) is 6.04 Å². The molecule has 2 nitrogen and oxygen atoms in total. The number of nitrogens with one attached hydrogen (secondary N) is 1. The van der Waals surface area contributed by atoms with Gasteiger partial charge in [0.2, 0.25) is 0 Å². The molecule has 1 aliphatic rings. The molecular formula is C15H20N2. The first kappa shape index (κ1) is 12.1. The van der Waals surface area contributed by atoms with Crippen molar-refractivity contribution in [1.29, 1.82) is 5.26 Å². The molecule has 2 rings (SSSR count). The summed E-state index contributed by atoms with van der Waals surface area (Å²) in [5.41, 5.74) is 3.64. The van der Waals surface area contributed by atoms with E-state index in [9.17, 15) is 5.26 Å². The summed E-state index contributed by atoms with van der Waals surface area (Å²) >= 11 is 0. The molecule has 0 amide bonds. The van der Waals surface area contributed by atoms with E-state index in [1.54, 1.807) is 0 Å². The maximum absolute atomic E-state index is 9.34. The number of hydrogen-bond donors (Lipinski definition) is 1. The summed E-state index contributed by atoms with van der Waals surface area (Å²) in [4.78, 5) is 0. The van der Waals surface area contributed by atoms with Crippen LogP contribution in [0.15, 0.2) is 18.2 Å². The second-order valence-electron chi connectivity index (χ2n) is 5.00. The Hall–Kier alpha value is -1.33. The summed E-state index contributed by atoms with van der Waals surface area (Å²) in [5.74, 6) is 0. The van der Waals surface area contributed by atoms with Gasteiger partial charge in [-0.05, 0) is 43.4 Å². The van der Waals surface area contributed by atoms with Gasteiger partial charge in [0.1, 0.15) is 6.04 Å². The van der Waals surface area contributed by atoms with Crippen molar-refractivity contribution in [3.63, 3.8) is 0 Å². The zero-order chi connectivity index (χ0) is 12.3. The van der Waals surface area contributed by atoms with Crippen molar-refractivity contribution in [2.24, 2.45) is 0 Å². The van der Waals surface area contributed by atoms with Crippen molar-refractivity contribution in [2.45, 2.75) is 51.6 Å². The smallest absolute Gasteiger partial charge is 0.121 e. The Morgan fingerprint density at radius 2 is 2.00 bits per heavy atom. The molecule has 1 unspecified atom stereocenters. The SMILES string of the molecule is Cc1cccc(C(C#N)NC2CCCC2)c1C. The number of benzene rings is 1. The number of nitrogens with zero attached hydrogens (tertiary/aromatic N) is 1. The van der Waals surface area contributed by atoms with Crippen molar-refractivity contribution >= 4 is 0 Å². The van der Waals surface area contributed by atoms with Gasteiger partial charge < -0.3 is 0 Å². The second kappa shape index (κ2) is 5.33. The summed E-state index contributed by atoms with van der Waals surface area (Å²) in [6.45, 7) is 4.20. The molecule has 0 spiro atoms. The van der Waals surface area contributed by atoms with Gasteiger partial charge in [-0.2, -0.15) is 5.26 Å². The lowest BCUT2D eigenvalue weighted by Crippen LogP contribution is -2.30. The Bertz CT molecular complexity index is 425. The van der Waals surface area contributed by atoms with Crippen LogP contribution >= 0.6 is 0 Å². The first-order valence-electron chi connectivity index (χ1n) is 6.44. The topological polar surface area (TPSA) is 35.8 Å². The largest absolute Gasteiger partial charge is 0.295 e. The second-order valence-corrected chi connectivity index (χ2v) is 5.00. The molecule has 2 heteroatoms. The number of hydrogen-bond acceptors (Lipinski definition) is 2. The van der Waals surface area contributed by atoms with E-state index in [-0.39, 0.29) is 6.04 Å². The molecule has 0 saturated heterocycles. The Kier molecular flexibility index (Phi) is 3.81. The fourth-order valence-electron chi connectivity index (χ4n) is 2.61. The van der Waals surface area contributed by atoms with Gasteiger partial charge in [-0.3, -0.25) is 5.32 Å². The van der Waals surface area contributed by atoms with E-state index >= 15 is 0 Å². The Labute approximate surface area is 104 Å². The third kappa shape index (κ3) is 2.68. The molecule has 0 radical (unpaired) electrons. The first-order chi connectivity index (χ1) is 8.22. The highest BCUT2D eigenvalue weighted by Crippen LogP contribution is 2.24. The van der Waals surface area contributed by atoms with Gasteiger partial charge in [0.05, 0.1) is 6.07 Å². The van der Waals surface area contributed by atoms with Gasteiger partial charge in [0.15, 0.2) is 0 Å². The molecule has 90 valence electrons. The minimum atomic E-state index is -0.155. The lowest BCUT2D eigenvalue weighted by Gasteiger charge is -2.19. The number of rotatable bonds is 3. The van der Waals surface area contributed by atoms with Crippen molar-refractivity contribution < 1.29 is 0 Å². The van der Waals surface area contributed by atoms with Crippen LogP contribution in [0.1, 0.15) is 48.4 Å². The minimum absolute atomic E-state index is 0.155. The molecule has 0 aromatic heterocycles. The first-order valence-corrected chi connectivity index (χ1v) is 6.44. The lowest BCUT2D eigenvalue weighted by atomic mass is 9.97. The van der Waals surface area contributed by atoms with Crippen LogP contribution in [0.3, 0.4) is 0 Å². The highest BCUT2D eigenvalue weighted by Gasteiger charge is 2.21. The summed E-state index contributed by atoms with van der Waals surface area (Å²) in [6.07, 6.45) is 5.01. The zero-order valence-electron chi connectivity index (χ0n) is 10.7. The van der Waals surface area contributed by atoms with Gasteiger partial charge in [0, 0.05) is 6.04 Å². The molecule has 1 aromatic rings. The van der Waals surface area contributed by atoms with Crippen molar-refractivity contribution in [3.8, 4) is 6.07 Å². The van der Waals surface area contributed by atoms with Crippen molar-refractivity contribution in [2.75, 3.05) is 0 Å². The molecule has 1 N–H and O–H groups in total. The predicted octanol–water partition coefficient (Wildman–Crippen LogP) is 3.40. The highest BCUT2D eigenvalue weighted by atomic mass is 15.0. The summed E-state index contributed by atoms with van der Waals surface area (Å²) in [5, 5.41) is 12.8. The summed E-state index contributed by atoms with van der Waals surface area (Å²) < 4.78 is 0. The molecule has 0 aliphatic heterocycles. The summed E-state index contributed by atoms with van der Waals surface area (Å²) in [6, 6.07) is 8.98. The quantitative estimate of drug-likeness (QED) is 0.860. The Morgan fingerprint density at radius 1 is 1.29 bits per heavy atom. The van der Waals surface area contributed by atoms with Crippen LogP contribution in [0.4, 0.5) is 0 Å². The lowest BCUT2D eigenvalue weighted by molar-refractivity contribution is 0.491. The minimum Gasteiger partial charge on any atom is -0.295 e. The van der Waals surface area contributed by atoms with E-state index in [2.05, 4.69) is 37.4 Å². The van der Waals surface area contributed by atoms with Crippen molar-refractivity contribution in [3.05, 3.63) is 34.9 Å². The van der Waals surface area contributed by atoms with E-state index < -0.39 is 0 Å². The molecule has 0 bridgehead atoms. The average molecular weight is 228 g/mol. The average Bonchev–Trinajstić information content (AvgIpc) is 2.83.